The van der Waals surface area contributed by atoms with E-state index < -0.39 is 11.6 Å². The van der Waals surface area contributed by atoms with Crippen LogP contribution in [0.25, 0.3) is 0 Å². The van der Waals surface area contributed by atoms with E-state index in [9.17, 15) is 9.59 Å². The second kappa shape index (κ2) is 10.2. The van der Waals surface area contributed by atoms with E-state index in [0.29, 0.717) is 27.9 Å². The zero-order valence-electron chi connectivity index (χ0n) is 22.2. The Labute approximate surface area is 238 Å². The Hall–Kier alpha value is -2.48. The van der Waals surface area contributed by atoms with Crippen LogP contribution in [-0.4, -0.2) is 58.4 Å². The third-order valence-electron chi connectivity index (χ3n) is 7.61. The minimum Gasteiger partial charge on any atom is -0.347 e. The van der Waals surface area contributed by atoms with Crippen molar-refractivity contribution in [1.82, 2.24) is 14.7 Å². The molecule has 0 bridgehead atoms. The maximum absolute atomic E-state index is 14.1. The van der Waals surface area contributed by atoms with Gasteiger partial charge in [-0.25, -0.2) is 4.99 Å². The van der Waals surface area contributed by atoms with Gasteiger partial charge in [-0.2, -0.15) is 0 Å². The number of hydrogen-bond acceptors (Lipinski definition) is 5. The van der Waals surface area contributed by atoms with E-state index in [1.165, 1.54) is 11.8 Å². The molecule has 200 valence electrons. The minimum absolute atomic E-state index is 0.0299. The number of thioether (sulfide) groups is 1. The highest BCUT2D eigenvalue weighted by Crippen LogP contribution is 2.56. The van der Waals surface area contributed by atoms with E-state index in [-0.39, 0.29) is 23.8 Å². The van der Waals surface area contributed by atoms with Crippen LogP contribution in [0.4, 0.5) is 0 Å². The average Bonchev–Trinajstić information content (AvgIpc) is 3.57. The van der Waals surface area contributed by atoms with Gasteiger partial charge in [-0.05, 0) is 72.8 Å². The second-order valence-electron chi connectivity index (χ2n) is 10.7. The lowest BCUT2D eigenvalue weighted by molar-refractivity contribution is -0.140. The Balaban J connectivity index is 1.61. The molecule has 3 heterocycles. The summed E-state index contributed by atoms with van der Waals surface area (Å²) in [5.41, 5.74) is 2.42. The number of likely N-dealkylation sites (tertiary alicyclic amines) is 1. The molecule has 0 aromatic heterocycles. The van der Waals surface area contributed by atoms with Crippen LogP contribution in [0.15, 0.2) is 64.1 Å². The summed E-state index contributed by atoms with van der Waals surface area (Å²) in [4.78, 5) is 38.4. The first-order chi connectivity index (χ1) is 18.0. The van der Waals surface area contributed by atoms with Crippen molar-refractivity contribution in [3.8, 4) is 0 Å². The molecule has 3 atom stereocenters. The lowest BCUT2D eigenvalue weighted by Crippen LogP contribution is -2.46. The average molecular weight is 572 g/mol. The fourth-order valence-electron chi connectivity index (χ4n) is 5.76. The number of benzene rings is 2. The first-order valence-corrected chi connectivity index (χ1v) is 14.4. The molecule has 1 saturated heterocycles. The molecule has 9 heteroatoms. The number of fused-ring (bicyclic) bond motifs is 1. The molecule has 0 saturated carbocycles. The predicted octanol–water partition coefficient (Wildman–Crippen LogP) is 6.32. The first-order valence-electron chi connectivity index (χ1n) is 12.9. The third-order valence-corrected chi connectivity index (χ3v) is 9.17. The van der Waals surface area contributed by atoms with Crippen LogP contribution in [-0.2, 0) is 15.1 Å². The summed E-state index contributed by atoms with van der Waals surface area (Å²) in [6.07, 6.45) is 1.50. The Morgan fingerprint density at radius 2 is 1.66 bits per heavy atom. The molecule has 0 radical (unpaired) electrons. The van der Waals surface area contributed by atoms with E-state index in [0.717, 1.165) is 28.4 Å². The molecule has 0 N–H and O–H groups in total. The molecule has 1 fully saturated rings. The van der Waals surface area contributed by atoms with Gasteiger partial charge in [-0.1, -0.05) is 61.3 Å². The Morgan fingerprint density at radius 3 is 2.24 bits per heavy atom. The molecule has 0 unspecified atom stereocenters. The molecule has 2 amide bonds. The highest BCUT2D eigenvalue weighted by Gasteiger charge is 2.54. The number of halogens is 2. The molecule has 2 aromatic carbocycles. The van der Waals surface area contributed by atoms with Gasteiger partial charge in [0.2, 0.25) is 5.91 Å². The van der Waals surface area contributed by atoms with Crippen LogP contribution >= 0.6 is 35.0 Å². The maximum Gasteiger partial charge on any atom is 0.263 e. The summed E-state index contributed by atoms with van der Waals surface area (Å²) in [6.45, 7) is 6.92. The number of amidine groups is 1. The number of rotatable bonds is 5. The molecule has 0 spiro atoms. The van der Waals surface area contributed by atoms with E-state index >= 15 is 0 Å². The molecule has 38 heavy (non-hydrogen) atoms. The van der Waals surface area contributed by atoms with Crippen molar-refractivity contribution < 1.29 is 9.59 Å². The van der Waals surface area contributed by atoms with Gasteiger partial charge < -0.3 is 14.7 Å². The number of nitrogens with zero attached hydrogens (tertiary/aromatic N) is 4. The second-order valence-corrected chi connectivity index (χ2v) is 12.6. The van der Waals surface area contributed by atoms with Crippen molar-refractivity contribution in [1.29, 1.82) is 0 Å². The first kappa shape index (κ1) is 27.1. The topological polar surface area (TPSA) is 56.2 Å². The maximum atomic E-state index is 14.1. The summed E-state index contributed by atoms with van der Waals surface area (Å²) in [6, 6.07) is 15.1. The van der Waals surface area contributed by atoms with Crippen LogP contribution in [0.1, 0.15) is 50.8 Å². The smallest absolute Gasteiger partial charge is 0.263 e. The zero-order valence-corrected chi connectivity index (χ0v) is 24.6. The molecule has 2 aromatic rings. The van der Waals surface area contributed by atoms with Crippen LogP contribution in [0.3, 0.4) is 0 Å². The summed E-state index contributed by atoms with van der Waals surface area (Å²) in [7, 11) is 3.48. The monoisotopic (exact) mass is 570 g/mol. The highest BCUT2D eigenvalue weighted by atomic mass is 35.5. The fourth-order valence-corrected chi connectivity index (χ4v) is 7.37. The minimum atomic E-state index is -0.619. The van der Waals surface area contributed by atoms with Crippen molar-refractivity contribution in [2.45, 2.75) is 51.2 Å². The lowest BCUT2D eigenvalue weighted by Gasteiger charge is -2.37. The summed E-state index contributed by atoms with van der Waals surface area (Å²) in [5.74, 6) is -0.0589. The number of amides is 2. The van der Waals surface area contributed by atoms with Gasteiger partial charge in [0.15, 0.2) is 5.17 Å². The summed E-state index contributed by atoms with van der Waals surface area (Å²) >= 11 is 13.9. The molecule has 0 aliphatic carbocycles. The fraction of sp³-hybridized carbons (Fsp3) is 0.414. The number of allylic oxidation sites excluding steroid dienone is 1. The van der Waals surface area contributed by atoms with Gasteiger partial charge in [-0.3, -0.25) is 9.59 Å². The standard InChI is InChI=1S/C29H32Cl2N4O2S/c1-17(2)23-24(27(37)34-16-6-7-22(34)26(36)33(4)5)38-28-32-29(3,19-10-14-21(31)15-11-19)25(35(23)28)18-8-12-20(30)13-9-18/h8-15,17,22,25H,6-7,16H2,1-5H3/t22-,25+,29-/m0/s1. The molecule has 6 nitrogen and oxygen atoms in total. The van der Waals surface area contributed by atoms with E-state index in [1.54, 1.807) is 23.9 Å². The SMILES string of the molecule is CC(C)C1=C(C(=O)N2CCC[C@H]2C(=O)N(C)C)SC2=N[C@@](C)(c3ccc(Cl)cc3)[C@@H](c3ccc(Cl)cc3)N21. The van der Waals surface area contributed by atoms with Gasteiger partial charge in [0.05, 0.1) is 6.04 Å². The van der Waals surface area contributed by atoms with Gasteiger partial charge >= 0.3 is 0 Å². The van der Waals surface area contributed by atoms with Gasteiger partial charge in [0.1, 0.15) is 16.5 Å². The highest BCUT2D eigenvalue weighted by molar-refractivity contribution is 8.18. The molecule has 5 rings (SSSR count). The number of aliphatic imine (C=N–C) groups is 1. The zero-order chi connectivity index (χ0) is 27.4. The molecular weight excluding hydrogens is 539 g/mol. The number of carbonyl (C=O) groups excluding carboxylic acids is 2. The number of carbonyl (C=O) groups is 2. The normalized spacial score (nSPS) is 24.8. The summed E-state index contributed by atoms with van der Waals surface area (Å²) < 4.78 is 0. The Morgan fingerprint density at radius 1 is 1.05 bits per heavy atom. The van der Waals surface area contributed by atoms with Gasteiger partial charge in [0, 0.05) is 36.4 Å². The number of likely N-dealkylation sites (N-methyl/N-ethyl adjacent to an activating group) is 1. The molecule has 3 aliphatic rings. The van der Waals surface area contributed by atoms with Gasteiger partial charge in [-0.15, -0.1) is 0 Å². The van der Waals surface area contributed by atoms with Crippen LogP contribution in [0, 0.1) is 5.92 Å². The third kappa shape index (κ3) is 4.52. The molecular formula is C29H32Cl2N4O2S. The number of hydrogen-bond donors (Lipinski definition) is 0. The predicted molar refractivity (Wildman–Crippen MR) is 155 cm³/mol. The van der Waals surface area contributed by atoms with Crippen molar-refractivity contribution in [2.24, 2.45) is 10.9 Å². The lowest BCUT2D eigenvalue weighted by atomic mass is 9.81. The molecule has 3 aliphatic heterocycles. The van der Waals surface area contributed by atoms with Crippen molar-refractivity contribution >= 4 is 51.9 Å². The van der Waals surface area contributed by atoms with Crippen LogP contribution in [0.2, 0.25) is 10.0 Å². The van der Waals surface area contributed by atoms with E-state index in [1.807, 2.05) is 48.5 Å². The Kier molecular flexibility index (Phi) is 7.31. The van der Waals surface area contributed by atoms with Crippen molar-refractivity contribution in [3.05, 3.63) is 80.3 Å². The Bertz CT molecular complexity index is 1320. The van der Waals surface area contributed by atoms with Gasteiger partial charge in [0.25, 0.3) is 5.91 Å². The van der Waals surface area contributed by atoms with E-state index in [2.05, 4.69) is 25.7 Å². The summed E-state index contributed by atoms with van der Waals surface area (Å²) in [5, 5.41) is 2.13. The van der Waals surface area contributed by atoms with Crippen molar-refractivity contribution in [2.75, 3.05) is 20.6 Å². The largest absolute Gasteiger partial charge is 0.347 e. The van der Waals surface area contributed by atoms with E-state index in [4.69, 9.17) is 28.2 Å². The van der Waals surface area contributed by atoms with Crippen LogP contribution < -0.4 is 0 Å². The quantitative estimate of drug-likeness (QED) is 0.422. The van der Waals surface area contributed by atoms with Crippen LogP contribution in [0.5, 0.6) is 0 Å². The van der Waals surface area contributed by atoms with Crippen molar-refractivity contribution in [3.63, 3.8) is 0 Å².